The Morgan fingerprint density at radius 2 is 2.16 bits per heavy atom. The Morgan fingerprint density at radius 1 is 1.40 bits per heavy atom. The van der Waals surface area contributed by atoms with Crippen molar-refractivity contribution in [2.75, 3.05) is 32.4 Å². The summed E-state index contributed by atoms with van der Waals surface area (Å²) in [6.07, 6.45) is 1.47. The van der Waals surface area contributed by atoms with Gasteiger partial charge in [-0.05, 0) is 38.3 Å². The summed E-state index contributed by atoms with van der Waals surface area (Å²) in [7, 11) is 1.79. The fraction of sp³-hybridized carbons (Fsp3) is 0.579. The second-order valence-corrected chi connectivity index (χ2v) is 7.58. The van der Waals surface area contributed by atoms with E-state index in [0.717, 1.165) is 24.8 Å². The third-order valence-electron chi connectivity index (χ3n) is 4.01. The fourth-order valence-electron chi connectivity index (χ4n) is 2.82. The SMILES string of the molecule is CN=C(NCCC(=O)OC(C)C)N1CCC(CSc2ccccc2)C1. The van der Waals surface area contributed by atoms with E-state index in [0.29, 0.717) is 18.9 Å². The molecule has 1 aromatic carbocycles. The predicted octanol–water partition coefficient (Wildman–Crippen LogP) is 3.02. The molecule has 0 aliphatic carbocycles. The Balaban J connectivity index is 1.70. The average molecular weight is 364 g/mol. The highest BCUT2D eigenvalue weighted by Gasteiger charge is 2.24. The van der Waals surface area contributed by atoms with Gasteiger partial charge in [0.2, 0.25) is 0 Å². The number of ether oxygens (including phenoxy) is 1. The molecule has 6 heteroatoms. The third kappa shape index (κ3) is 6.98. The maximum absolute atomic E-state index is 11.6. The summed E-state index contributed by atoms with van der Waals surface area (Å²) < 4.78 is 5.15. The summed E-state index contributed by atoms with van der Waals surface area (Å²) in [5.74, 6) is 2.49. The van der Waals surface area contributed by atoms with Crippen molar-refractivity contribution in [1.29, 1.82) is 0 Å². The number of hydrogen-bond donors (Lipinski definition) is 1. The first kappa shape index (κ1) is 19.6. The van der Waals surface area contributed by atoms with Crippen LogP contribution in [0.3, 0.4) is 0 Å². The molecule has 1 aliphatic heterocycles. The molecule has 1 aromatic rings. The van der Waals surface area contributed by atoms with Gasteiger partial charge in [-0.3, -0.25) is 9.79 Å². The lowest BCUT2D eigenvalue weighted by molar-refractivity contribution is -0.147. The smallest absolute Gasteiger partial charge is 0.307 e. The molecule has 0 spiro atoms. The van der Waals surface area contributed by atoms with Crippen LogP contribution in [0.5, 0.6) is 0 Å². The summed E-state index contributed by atoms with van der Waals surface area (Å²) in [5, 5.41) is 3.28. The molecule has 0 aromatic heterocycles. The van der Waals surface area contributed by atoms with E-state index < -0.39 is 0 Å². The first-order valence-corrected chi connectivity index (χ1v) is 9.90. The number of nitrogens with zero attached hydrogens (tertiary/aromatic N) is 2. The average Bonchev–Trinajstić information content (AvgIpc) is 3.06. The number of benzene rings is 1. The summed E-state index contributed by atoms with van der Waals surface area (Å²) >= 11 is 1.92. The quantitative estimate of drug-likeness (QED) is 0.349. The van der Waals surface area contributed by atoms with Gasteiger partial charge in [0.15, 0.2) is 5.96 Å². The number of carbonyl (C=O) groups is 1. The van der Waals surface area contributed by atoms with Crippen LogP contribution in [0.25, 0.3) is 0 Å². The van der Waals surface area contributed by atoms with E-state index in [4.69, 9.17) is 4.74 Å². The van der Waals surface area contributed by atoms with Gasteiger partial charge in [-0.2, -0.15) is 0 Å². The van der Waals surface area contributed by atoms with Crippen LogP contribution in [0, 0.1) is 5.92 Å². The molecular formula is C19H29N3O2S. The summed E-state index contributed by atoms with van der Waals surface area (Å²) in [6.45, 7) is 6.30. The van der Waals surface area contributed by atoms with Crippen molar-refractivity contribution in [2.45, 2.75) is 37.7 Å². The van der Waals surface area contributed by atoms with Crippen LogP contribution < -0.4 is 5.32 Å². The van der Waals surface area contributed by atoms with Gasteiger partial charge in [0.05, 0.1) is 12.5 Å². The van der Waals surface area contributed by atoms with Crippen LogP contribution in [0.4, 0.5) is 0 Å². The minimum Gasteiger partial charge on any atom is -0.463 e. The van der Waals surface area contributed by atoms with Crippen molar-refractivity contribution in [3.05, 3.63) is 30.3 Å². The van der Waals surface area contributed by atoms with Crippen molar-refractivity contribution in [3.8, 4) is 0 Å². The molecule has 0 bridgehead atoms. The second kappa shape index (κ2) is 10.3. The van der Waals surface area contributed by atoms with Crippen molar-refractivity contribution < 1.29 is 9.53 Å². The van der Waals surface area contributed by atoms with Crippen molar-refractivity contribution >= 4 is 23.7 Å². The molecule has 0 saturated carbocycles. The Labute approximate surface area is 155 Å². The van der Waals surface area contributed by atoms with Gasteiger partial charge >= 0.3 is 5.97 Å². The summed E-state index contributed by atoms with van der Waals surface area (Å²) in [4.78, 5) is 19.6. The number of hydrogen-bond acceptors (Lipinski definition) is 4. The van der Waals surface area contributed by atoms with Gasteiger partial charge in [-0.25, -0.2) is 0 Å². The van der Waals surface area contributed by atoms with E-state index in [9.17, 15) is 4.79 Å². The Hall–Kier alpha value is -1.69. The lowest BCUT2D eigenvalue weighted by atomic mass is 10.2. The summed E-state index contributed by atoms with van der Waals surface area (Å²) in [5.41, 5.74) is 0. The fourth-order valence-corrected chi connectivity index (χ4v) is 3.87. The number of guanidine groups is 1. The molecule has 1 atom stereocenters. The maximum Gasteiger partial charge on any atom is 0.307 e. The zero-order valence-electron chi connectivity index (χ0n) is 15.4. The zero-order chi connectivity index (χ0) is 18.1. The van der Waals surface area contributed by atoms with Crippen LogP contribution in [0.15, 0.2) is 40.2 Å². The van der Waals surface area contributed by atoms with E-state index in [1.165, 1.54) is 11.3 Å². The molecule has 25 heavy (non-hydrogen) atoms. The Bertz CT molecular complexity index is 563. The number of thioether (sulfide) groups is 1. The van der Waals surface area contributed by atoms with Crippen molar-refractivity contribution in [1.82, 2.24) is 10.2 Å². The molecular weight excluding hydrogens is 334 g/mol. The van der Waals surface area contributed by atoms with E-state index >= 15 is 0 Å². The van der Waals surface area contributed by atoms with Gasteiger partial charge in [0, 0.05) is 37.3 Å². The first-order chi connectivity index (χ1) is 12.1. The molecule has 0 radical (unpaired) electrons. The largest absolute Gasteiger partial charge is 0.463 e. The molecule has 1 fully saturated rings. The van der Waals surface area contributed by atoms with E-state index in [1.807, 2.05) is 31.7 Å². The highest BCUT2D eigenvalue weighted by atomic mass is 32.2. The number of rotatable bonds is 7. The molecule has 2 rings (SSSR count). The van der Waals surface area contributed by atoms with Crippen LogP contribution in [-0.4, -0.2) is 55.4 Å². The second-order valence-electron chi connectivity index (χ2n) is 6.49. The van der Waals surface area contributed by atoms with E-state index in [-0.39, 0.29) is 12.1 Å². The number of aliphatic imine (C=N–C) groups is 1. The number of esters is 1. The minimum atomic E-state index is -0.170. The van der Waals surface area contributed by atoms with E-state index in [1.54, 1.807) is 7.05 Å². The highest BCUT2D eigenvalue weighted by molar-refractivity contribution is 7.99. The van der Waals surface area contributed by atoms with Gasteiger partial charge in [-0.1, -0.05) is 18.2 Å². The van der Waals surface area contributed by atoms with Gasteiger partial charge in [0.1, 0.15) is 0 Å². The zero-order valence-corrected chi connectivity index (χ0v) is 16.2. The third-order valence-corrected chi connectivity index (χ3v) is 5.25. The molecule has 1 aliphatic rings. The minimum absolute atomic E-state index is 0.0618. The standard InChI is InChI=1S/C19H29N3O2S/c1-15(2)24-18(23)9-11-21-19(20-3)22-12-10-16(13-22)14-25-17-7-5-4-6-8-17/h4-8,15-16H,9-14H2,1-3H3,(H,20,21). The maximum atomic E-state index is 11.6. The predicted molar refractivity (Wildman–Crippen MR) is 104 cm³/mol. The van der Waals surface area contributed by atoms with Crippen LogP contribution in [0.2, 0.25) is 0 Å². The first-order valence-electron chi connectivity index (χ1n) is 8.91. The summed E-state index contributed by atoms with van der Waals surface area (Å²) in [6, 6.07) is 10.5. The Kier molecular flexibility index (Phi) is 8.12. The lowest BCUT2D eigenvalue weighted by Crippen LogP contribution is -2.41. The molecule has 1 N–H and O–H groups in total. The van der Waals surface area contributed by atoms with Crippen LogP contribution >= 0.6 is 11.8 Å². The lowest BCUT2D eigenvalue weighted by Gasteiger charge is -2.21. The molecule has 1 heterocycles. The molecule has 5 nitrogen and oxygen atoms in total. The molecule has 0 amide bonds. The van der Waals surface area contributed by atoms with Crippen LogP contribution in [0.1, 0.15) is 26.7 Å². The number of carbonyl (C=O) groups excluding carboxylic acids is 1. The number of likely N-dealkylation sites (tertiary alicyclic amines) is 1. The van der Waals surface area contributed by atoms with Gasteiger partial charge < -0.3 is 15.0 Å². The Morgan fingerprint density at radius 3 is 2.84 bits per heavy atom. The van der Waals surface area contributed by atoms with Crippen molar-refractivity contribution in [2.24, 2.45) is 10.9 Å². The monoisotopic (exact) mass is 363 g/mol. The molecule has 1 unspecified atom stereocenters. The van der Waals surface area contributed by atoms with Crippen LogP contribution in [-0.2, 0) is 9.53 Å². The van der Waals surface area contributed by atoms with Gasteiger partial charge in [-0.15, -0.1) is 11.8 Å². The van der Waals surface area contributed by atoms with E-state index in [2.05, 4.69) is 39.5 Å². The molecule has 1 saturated heterocycles. The van der Waals surface area contributed by atoms with Gasteiger partial charge in [0.25, 0.3) is 0 Å². The normalized spacial score (nSPS) is 17.8. The topological polar surface area (TPSA) is 53.9 Å². The molecule has 138 valence electrons. The number of nitrogens with one attached hydrogen (secondary N) is 1. The van der Waals surface area contributed by atoms with Crippen molar-refractivity contribution in [3.63, 3.8) is 0 Å². The highest BCUT2D eigenvalue weighted by Crippen LogP contribution is 2.25.